The van der Waals surface area contributed by atoms with Crippen molar-refractivity contribution in [3.63, 3.8) is 0 Å². The minimum Gasteiger partial charge on any atom is -0.300 e. The van der Waals surface area contributed by atoms with Crippen molar-refractivity contribution in [2.75, 3.05) is 44.2 Å². The molecule has 0 spiro atoms. The minimum atomic E-state index is -3.35. The fraction of sp³-hybridized carbons (Fsp3) is 0.696. The van der Waals surface area contributed by atoms with Gasteiger partial charge in [-0.2, -0.15) is 4.31 Å². The number of carbonyl (C=O) groups is 1. The molecule has 0 saturated carbocycles. The summed E-state index contributed by atoms with van der Waals surface area (Å²) in [6, 6.07) is 3.26. The maximum Gasteiger partial charge on any atom is 0.213 e. The van der Waals surface area contributed by atoms with E-state index in [1.165, 1.54) is 4.31 Å². The Morgan fingerprint density at radius 2 is 1.50 bits per heavy atom. The molecular formula is C23H38N2O5S2. The predicted octanol–water partition coefficient (Wildman–Crippen LogP) is 3.20. The predicted molar refractivity (Wildman–Crippen MR) is 129 cm³/mol. The molecule has 182 valence electrons. The summed E-state index contributed by atoms with van der Waals surface area (Å²) in [5.74, 6) is 0.239. The van der Waals surface area contributed by atoms with Crippen molar-refractivity contribution < 1.29 is 21.6 Å². The van der Waals surface area contributed by atoms with E-state index in [0.717, 1.165) is 19.3 Å². The number of sulfonamides is 1. The topological polar surface area (TPSA) is 91.8 Å². The third kappa shape index (κ3) is 7.10. The van der Waals surface area contributed by atoms with Crippen molar-refractivity contribution in [3.8, 4) is 0 Å². The number of hydrogen-bond donors (Lipinski definition) is 0. The number of aryl methyl sites for hydroxylation is 2. The number of sulfone groups is 1. The summed E-state index contributed by atoms with van der Waals surface area (Å²) in [5.41, 5.74) is 1.99. The molecule has 9 heteroatoms. The number of nitrogens with zero attached hydrogens (tertiary/aromatic N) is 2. The molecule has 0 aromatic heterocycles. The lowest BCUT2D eigenvalue weighted by atomic mass is 9.97. The Bertz CT molecular complexity index is 972. The van der Waals surface area contributed by atoms with Crippen LogP contribution in [0.15, 0.2) is 17.0 Å². The Balaban J connectivity index is 1.98. The van der Waals surface area contributed by atoms with Gasteiger partial charge in [0, 0.05) is 44.7 Å². The van der Waals surface area contributed by atoms with E-state index in [2.05, 4.69) is 11.8 Å². The van der Waals surface area contributed by atoms with E-state index in [-0.39, 0.29) is 17.3 Å². The number of unbranched alkanes of at least 4 members (excludes halogenated alkanes) is 3. The molecule has 1 aliphatic rings. The van der Waals surface area contributed by atoms with E-state index in [4.69, 9.17) is 0 Å². The van der Waals surface area contributed by atoms with Crippen LogP contribution in [0.2, 0.25) is 0 Å². The maximum absolute atomic E-state index is 12.9. The highest BCUT2D eigenvalue weighted by Crippen LogP contribution is 2.23. The summed E-state index contributed by atoms with van der Waals surface area (Å²) in [5, 5.41) is 0. The summed E-state index contributed by atoms with van der Waals surface area (Å²) < 4.78 is 50.9. The largest absolute Gasteiger partial charge is 0.300 e. The van der Waals surface area contributed by atoms with E-state index >= 15 is 0 Å². The van der Waals surface area contributed by atoms with Crippen LogP contribution < -0.4 is 0 Å². The molecule has 1 aromatic carbocycles. The van der Waals surface area contributed by atoms with Gasteiger partial charge >= 0.3 is 0 Å². The second-order valence-electron chi connectivity index (χ2n) is 8.63. The van der Waals surface area contributed by atoms with Gasteiger partial charge in [0.1, 0.15) is 0 Å². The monoisotopic (exact) mass is 486 g/mol. The third-order valence-corrected chi connectivity index (χ3v) is 9.82. The molecule has 0 bridgehead atoms. The highest BCUT2D eigenvalue weighted by Gasteiger charge is 2.26. The Morgan fingerprint density at radius 3 is 2.03 bits per heavy atom. The van der Waals surface area contributed by atoms with Crippen molar-refractivity contribution in [2.24, 2.45) is 0 Å². The Labute approximate surface area is 194 Å². The van der Waals surface area contributed by atoms with Gasteiger partial charge in [-0.15, -0.1) is 0 Å². The molecule has 0 unspecified atom stereocenters. The van der Waals surface area contributed by atoms with Crippen molar-refractivity contribution >= 4 is 25.6 Å². The highest BCUT2D eigenvalue weighted by atomic mass is 32.2. The van der Waals surface area contributed by atoms with Gasteiger partial charge in [-0.3, -0.25) is 4.79 Å². The summed E-state index contributed by atoms with van der Waals surface area (Å²) in [6.45, 7) is 10.0. The lowest BCUT2D eigenvalue weighted by Crippen LogP contribution is -2.49. The lowest BCUT2D eigenvalue weighted by molar-refractivity contribution is 0.0951. The van der Waals surface area contributed by atoms with Gasteiger partial charge in [-0.1, -0.05) is 26.2 Å². The van der Waals surface area contributed by atoms with Gasteiger partial charge in [0.25, 0.3) is 0 Å². The van der Waals surface area contributed by atoms with Crippen LogP contribution >= 0.6 is 0 Å². The first-order valence-electron chi connectivity index (χ1n) is 11.6. The normalized spacial score (nSPS) is 16.4. The number of carbonyl (C=O) groups excluding carboxylic acids is 1. The molecule has 1 aromatic rings. The van der Waals surface area contributed by atoms with Crippen LogP contribution in [-0.4, -0.2) is 76.1 Å². The fourth-order valence-corrected chi connectivity index (χ4v) is 6.80. The first-order chi connectivity index (χ1) is 15.0. The molecule has 1 saturated heterocycles. The van der Waals surface area contributed by atoms with Crippen LogP contribution in [0.4, 0.5) is 0 Å². The number of piperazine rings is 1. The van der Waals surface area contributed by atoms with Crippen molar-refractivity contribution in [1.29, 1.82) is 0 Å². The number of hydrogen-bond acceptors (Lipinski definition) is 6. The zero-order valence-corrected chi connectivity index (χ0v) is 21.5. The summed E-state index contributed by atoms with van der Waals surface area (Å²) in [4.78, 5) is 15.3. The minimum absolute atomic E-state index is 0.00416. The molecule has 1 heterocycles. The summed E-state index contributed by atoms with van der Waals surface area (Å²) in [6.07, 6.45) is 3.98. The molecule has 0 aliphatic carbocycles. The van der Waals surface area contributed by atoms with Crippen LogP contribution in [0.25, 0.3) is 0 Å². The van der Waals surface area contributed by atoms with Crippen molar-refractivity contribution in [2.45, 2.75) is 64.7 Å². The molecule has 0 atom stereocenters. The average molecular weight is 487 g/mol. The van der Waals surface area contributed by atoms with Crippen LogP contribution in [-0.2, 0) is 19.9 Å². The van der Waals surface area contributed by atoms with Gasteiger partial charge in [-0.25, -0.2) is 16.8 Å². The first kappa shape index (κ1) is 27.0. The molecular weight excluding hydrogens is 448 g/mol. The molecule has 32 heavy (non-hydrogen) atoms. The standard InChI is InChI=1S/C23H38N2O5S2/c1-5-7-8-9-16-31(27,28)21-17-19(3)23(20(4)18-21)22(26)10-11-24-12-14-25(15-13-24)32(29,30)6-2/h17-18H,5-16H2,1-4H3. The Kier molecular flexibility index (Phi) is 9.87. The fourth-order valence-electron chi connectivity index (χ4n) is 4.18. The van der Waals surface area contributed by atoms with Crippen molar-refractivity contribution in [1.82, 2.24) is 9.21 Å². The number of ketones is 1. The summed E-state index contributed by atoms with van der Waals surface area (Å²) in [7, 11) is -6.52. The van der Waals surface area contributed by atoms with Gasteiger partial charge in [-0.05, 0) is 50.5 Å². The molecule has 0 radical (unpaired) electrons. The maximum atomic E-state index is 12.9. The van der Waals surface area contributed by atoms with Crippen LogP contribution in [0.5, 0.6) is 0 Å². The second kappa shape index (κ2) is 11.7. The molecule has 1 aliphatic heterocycles. The average Bonchev–Trinajstić information content (AvgIpc) is 2.75. The van der Waals surface area contributed by atoms with Gasteiger partial charge in [0.05, 0.1) is 16.4 Å². The number of benzene rings is 1. The van der Waals surface area contributed by atoms with Crippen LogP contribution in [0, 0.1) is 13.8 Å². The highest BCUT2D eigenvalue weighted by molar-refractivity contribution is 7.91. The molecule has 0 amide bonds. The lowest BCUT2D eigenvalue weighted by Gasteiger charge is -2.33. The van der Waals surface area contributed by atoms with Gasteiger partial charge < -0.3 is 4.90 Å². The van der Waals surface area contributed by atoms with Gasteiger partial charge in [0.2, 0.25) is 10.0 Å². The Hall–Kier alpha value is -1.29. The summed E-state index contributed by atoms with van der Waals surface area (Å²) >= 11 is 0. The second-order valence-corrected chi connectivity index (χ2v) is 13.0. The SMILES string of the molecule is CCCCCCS(=O)(=O)c1cc(C)c(C(=O)CCN2CCN(S(=O)(=O)CC)CC2)c(C)c1. The number of Topliss-reactive ketones (excluding diaryl/α,β-unsaturated/α-hetero) is 1. The molecule has 2 rings (SSSR count). The van der Waals surface area contributed by atoms with E-state index in [9.17, 15) is 21.6 Å². The Morgan fingerprint density at radius 1 is 0.906 bits per heavy atom. The van der Waals surface area contributed by atoms with E-state index < -0.39 is 19.9 Å². The smallest absolute Gasteiger partial charge is 0.213 e. The van der Waals surface area contributed by atoms with Crippen LogP contribution in [0.3, 0.4) is 0 Å². The van der Waals surface area contributed by atoms with Crippen LogP contribution in [0.1, 0.15) is 67.4 Å². The third-order valence-electron chi connectivity index (χ3n) is 6.16. The quantitative estimate of drug-likeness (QED) is 0.333. The molecule has 7 nitrogen and oxygen atoms in total. The van der Waals surface area contributed by atoms with Gasteiger partial charge in [0.15, 0.2) is 15.6 Å². The van der Waals surface area contributed by atoms with E-state index in [0.29, 0.717) is 67.2 Å². The number of rotatable bonds is 12. The molecule has 1 fully saturated rings. The van der Waals surface area contributed by atoms with E-state index in [1.807, 2.05) is 0 Å². The van der Waals surface area contributed by atoms with Crippen molar-refractivity contribution in [3.05, 3.63) is 28.8 Å². The zero-order chi connectivity index (χ0) is 23.9. The first-order valence-corrected chi connectivity index (χ1v) is 14.8. The zero-order valence-electron chi connectivity index (χ0n) is 19.9. The van der Waals surface area contributed by atoms with E-state index in [1.54, 1.807) is 32.9 Å². The molecule has 0 N–H and O–H groups in total.